The second kappa shape index (κ2) is 7.45. The molecule has 2 aromatic rings. The van der Waals surface area contributed by atoms with Crippen LogP contribution in [0.15, 0.2) is 42.7 Å². The highest BCUT2D eigenvalue weighted by atomic mass is 16.1. The fourth-order valence-electron chi connectivity index (χ4n) is 2.00. The van der Waals surface area contributed by atoms with Crippen LogP contribution < -0.4 is 5.32 Å². The highest BCUT2D eigenvalue weighted by Crippen LogP contribution is 2.02. The Morgan fingerprint density at radius 1 is 1.35 bits per heavy atom. The first-order valence-electron chi connectivity index (χ1n) is 6.75. The van der Waals surface area contributed by atoms with E-state index in [0.717, 1.165) is 19.5 Å². The van der Waals surface area contributed by atoms with Gasteiger partial charge in [0.25, 0.3) is 5.91 Å². The lowest BCUT2D eigenvalue weighted by Crippen LogP contribution is -2.27. The molecule has 0 saturated carbocycles. The molecule has 0 fully saturated rings. The van der Waals surface area contributed by atoms with Crippen LogP contribution in [0.4, 0.5) is 0 Å². The van der Waals surface area contributed by atoms with Crippen LogP contribution in [0.3, 0.4) is 0 Å². The van der Waals surface area contributed by atoms with Crippen LogP contribution in [0, 0.1) is 0 Å². The second-order valence-electron chi connectivity index (χ2n) is 4.82. The van der Waals surface area contributed by atoms with E-state index in [9.17, 15) is 4.79 Å². The normalized spacial score (nSPS) is 10.7. The zero-order valence-electron chi connectivity index (χ0n) is 11.7. The Hall–Kier alpha value is -2.14. The molecule has 2 N–H and O–H groups in total. The van der Waals surface area contributed by atoms with Gasteiger partial charge < -0.3 is 10.2 Å². The quantitative estimate of drug-likeness (QED) is 0.754. The van der Waals surface area contributed by atoms with Crippen LogP contribution in [0.25, 0.3) is 0 Å². The minimum atomic E-state index is -0.0792. The van der Waals surface area contributed by atoms with Gasteiger partial charge in [0, 0.05) is 19.3 Å². The van der Waals surface area contributed by atoms with Crippen molar-refractivity contribution in [3.05, 3.63) is 53.9 Å². The molecule has 1 aromatic heterocycles. The van der Waals surface area contributed by atoms with Crippen LogP contribution >= 0.6 is 0 Å². The molecule has 0 spiro atoms. The summed E-state index contributed by atoms with van der Waals surface area (Å²) in [4.78, 5) is 13.9. The van der Waals surface area contributed by atoms with E-state index in [1.165, 1.54) is 11.8 Å². The molecule has 20 heavy (non-hydrogen) atoms. The number of nitrogens with one attached hydrogen (secondary N) is 2. The molecule has 5 nitrogen and oxygen atoms in total. The lowest BCUT2D eigenvalue weighted by molar-refractivity contribution is 0.0952. The molecule has 0 aliphatic heterocycles. The Labute approximate surface area is 119 Å². The van der Waals surface area contributed by atoms with Crippen molar-refractivity contribution in [2.45, 2.75) is 13.0 Å². The number of carbonyl (C=O) groups is 1. The van der Waals surface area contributed by atoms with Crippen LogP contribution in [0.1, 0.15) is 22.3 Å². The zero-order chi connectivity index (χ0) is 14.2. The van der Waals surface area contributed by atoms with E-state index in [0.29, 0.717) is 12.1 Å². The minimum Gasteiger partial charge on any atom is -0.352 e. The van der Waals surface area contributed by atoms with E-state index in [4.69, 9.17) is 0 Å². The largest absolute Gasteiger partial charge is 0.352 e. The minimum absolute atomic E-state index is 0.0792. The second-order valence-corrected chi connectivity index (χ2v) is 4.82. The summed E-state index contributed by atoms with van der Waals surface area (Å²) in [6, 6.07) is 10.4. The highest BCUT2D eigenvalue weighted by Gasteiger charge is 2.05. The van der Waals surface area contributed by atoms with Gasteiger partial charge in [-0.2, -0.15) is 5.10 Å². The maximum atomic E-state index is 11.7. The van der Waals surface area contributed by atoms with Crippen molar-refractivity contribution >= 4 is 5.91 Å². The molecule has 5 heteroatoms. The van der Waals surface area contributed by atoms with E-state index in [2.05, 4.69) is 39.6 Å². The summed E-state index contributed by atoms with van der Waals surface area (Å²) < 4.78 is 0. The van der Waals surface area contributed by atoms with E-state index < -0.39 is 0 Å². The standard InChI is InChI=1S/C15H20N4O/c1-19(12-13-6-3-2-4-7-13)9-5-8-16-15(20)14-10-17-18-11-14/h2-4,6-7,10-11H,5,8-9,12H2,1H3,(H,16,20)(H,17,18). The number of benzene rings is 1. The van der Waals surface area contributed by atoms with Crippen molar-refractivity contribution in [3.63, 3.8) is 0 Å². The summed E-state index contributed by atoms with van der Waals surface area (Å²) in [5.74, 6) is -0.0792. The number of hydrogen-bond acceptors (Lipinski definition) is 3. The number of carbonyl (C=O) groups excluding carboxylic acids is 1. The lowest BCUT2D eigenvalue weighted by Gasteiger charge is -2.16. The van der Waals surface area contributed by atoms with E-state index in [1.54, 1.807) is 6.20 Å². The van der Waals surface area contributed by atoms with Gasteiger partial charge in [-0.1, -0.05) is 30.3 Å². The molecule has 1 aromatic carbocycles. The van der Waals surface area contributed by atoms with Crippen LogP contribution in [-0.2, 0) is 6.54 Å². The lowest BCUT2D eigenvalue weighted by atomic mass is 10.2. The first-order chi connectivity index (χ1) is 9.75. The van der Waals surface area contributed by atoms with E-state index >= 15 is 0 Å². The maximum absolute atomic E-state index is 11.7. The molecular formula is C15H20N4O. The van der Waals surface area contributed by atoms with Crippen molar-refractivity contribution < 1.29 is 4.79 Å². The van der Waals surface area contributed by atoms with Gasteiger partial charge in [0.1, 0.15) is 0 Å². The van der Waals surface area contributed by atoms with Gasteiger partial charge >= 0.3 is 0 Å². The number of aromatic nitrogens is 2. The summed E-state index contributed by atoms with van der Waals surface area (Å²) in [6.07, 6.45) is 4.04. The smallest absolute Gasteiger partial charge is 0.254 e. The average Bonchev–Trinajstić information content (AvgIpc) is 2.99. The van der Waals surface area contributed by atoms with Gasteiger partial charge in [-0.3, -0.25) is 9.89 Å². The molecule has 2 rings (SSSR count). The third-order valence-electron chi connectivity index (χ3n) is 3.06. The third-order valence-corrected chi connectivity index (χ3v) is 3.06. The molecule has 0 aliphatic rings. The first kappa shape index (κ1) is 14.3. The van der Waals surface area contributed by atoms with Crippen molar-refractivity contribution in [2.75, 3.05) is 20.1 Å². The number of H-pyrrole nitrogens is 1. The Balaban J connectivity index is 1.62. The highest BCUT2D eigenvalue weighted by molar-refractivity contribution is 5.93. The van der Waals surface area contributed by atoms with E-state index in [1.807, 2.05) is 18.2 Å². The van der Waals surface area contributed by atoms with Crippen LogP contribution in [-0.4, -0.2) is 41.1 Å². The SMILES string of the molecule is CN(CCCNC(=O)c1cn[nH]c1)Cc1ccccc1. The van der Waals surface area contributed by atoms with Gasteiger partial charge in [0.2, 0.25) is 0 Å². The fourth-order valence-corrected chi connectivity index (χ4v) is 2.00. The average molecular weight is 272 g/mol. The summed E-state index contributed by atoms with van der Waals surface area (Å²) in [7, 11) is 2.09. The molecule has 0 saturated heterocycles. The number of hydrogen-bond donors (Lipinski definition) is 2. The molecule has 0 unspecified atom stereocenters. The van der Waals surface area contributed by atoms with Crippen molar-refractivity contribution in [1.29, 1.82) is 0 Å². The monoisotopic (exact) mass is 272 g/mol. The zero-order valence-corrected chi connectivity index (χ0v) is 11.7. The first-order valence-corrected chi connectivity index (χ1v) is 6.75. The molecule has 106 valence electrons. The fraction of sp³-hybridized carbons (Fsp3) is 0.333. The Bertz CT molecular complexity index is 510. The summed E-state index contributed by atoms with van der Waals surface area (Å²) in [5, 5.41) is 9.26. The number of nitrogens with zero attached hydrogens (tertiary/aromatic N) is 2. The van der Waals surface area contributed by atoms with Crippen LogP contribution in [0.2, 0.25) is 0 Å². The molecule has 0 bridgehead atoms. The summed E-state index contributed by atoms with van der Waals surface area (Å²) in [5.41, 5.74) is 1.88. The third kappa shape index (κ3) is 4.51. The maximum Gasteiger partial charge on any atom is 0.254 e. The Morgan fingerprint density at radius 2 is 2.15 bits per heavy atom. The predicted molar refractivity (Wildman–Crippen MR) is 78.3 cm³/mol. The van der Waals surface area contributed by atoms with Crippen molar-refractivity contribution in [3.8, 4) is 0 Å². The van der Waals surface area contributed by atoms with Gasteiger partial charge in [-0.15, -0.1) is 0 Å². The molecule has 0 atom stereocenters. The summed E-state index contributed by atoms with van der Waals surface area (Å²) in [6.45, 7) is 2.54. The van der Waals surface area contributed by atoms with Crippen molar-refractivity contribution in [2.24, 2.45) is 0 Å². The number of rotatable bonds is 7. The number of amides is 1. The topological polar surface area (TPSA) is 61.0 Å². The Morgan fingerprint density at radius 3 is 2.85 bits per heavy atom. The van der Waals surface area contributed by atoms with Gasteiger partial charge in [0.15, 0.2) is 0 Å². The summed E-state index contributed by atoms with van der Waals surface area (Å²) >= 11 is 0. The van der Waals surface area contributed by atoms with Crippen LogP contribution in [0.5, 0.6) is 0 Å². The van der Waals surface area contributed by atoms with Gasteiger partial charge in [-0.25, -0.2) is 0 Å². The molecule has 1 heterocycles. The molecule has 0 radical (unpaired) electrons. The predicted octanol–water partition coefficient (Wildman–Crippen LogP) is 1.66. The van der Waals surface area contributed by atoms with E-state index in [-0.39, 0.29) is 5.91 Å². The molecule has 1 amide bonds. The van der Waals surface area contributed by atoms with Gasteiger partial charge in [0.05, 0.1) is 11.8 Å². The molecular weight excluding hydrogens is 252 g/mol. The van der Waals surface area contributed by atoms with Gasteiger partial charge in [-0.05, 0) is 25.6 Å². The molecule has 0 aliphatic carbocycles. The Kier molecular flexibility index (Phi) is 5.32. The van der Waals surface area contributed by atoms with Crippen molar-refractivity contribution in [1.82, 2.24) is 20.4 Å². The number of aromatic amines is 1.